The van der Waals surface area contributed by atoms with E-state index in [4.69, 9.17) is 4.74 Å². The Balaban J connectivity index is 1.19. The van der Waals surface area contributed by atoms with Gasteiger partial charge in [0, 0.05) is 36.1 Å². The summed E-state index contributed by atoms with van der Waals surface area (Å²) in [6.07, 6.45) is 13.0. The van der Waals surface area contributed by atoms with Crippen molar-refractivity contribution in [1.82, 2.24) is 25.8 Å². The van der Waals surface area contributed by atoms with E-state index in [1.807, 2.05) is 29.6 Å². The predicted molar refractivity (Wildman–Crippen MR) is 176 cm³/mol. The summed E-state index contributed by atoms with van der Waals surface area (Å²) in [5.74, 6) is 0.880. The molecule has 3 fully saturated rings. The average Bonchev–Trinajstić information content (AvgIpc) is 3.61. The van der Waals surface area contributed by atoms with Gasteiger partial charge in [0.1, 0.15) is 11.8 Å². The Kier molecular flexibility index (Phi) is 11.1. The minimum Gasteiger partial charge on any atom is -0.410 e. The van der Waals surface area contributed by atoms with Crippen LogP contribution in [-0.2, 0) is 29.1 Å². The molecule has 0 bridgehead atoms. The fraction of sp³-hybridized carbons (Fsp3) is 0.629. The number of benzene rings is 1. The van der Waals surface area contributed by atoms with Gasteiger partial charge in [0.25, 0.3) is 0 Å². The van der Waals surface area contributed by atoms with Crippen molar-refractivity contribution in [2.75, 3.05) is 26.2 Å². The molecular weight excluding hydrogens is 586 g/mol. The molecule has 2 saturated carbocycles. The molecule has 9 nitrogen and oxygen atoms in total. The van der Waals surface area contributed by atoms with Gasteiger partial charge in [-0.05, 0) is 61.2 Å². The van der Waals surface area contributed by atoms with Crippen LogP contribution in [-0.4, -0.2) is 72.0 Å². The van der Waals surface area contributed by atoms with Crippen LogP contribution in [0, 0.1) is 5.92 Å². The molecule has 4 aliphatic rings. The zero-order valence-electron chi connectivity index (χ0n) is 26.4. The molecule has 2 aromatic rings. The van der Waals surface area contributed by atoms with Gasteiger partial charge in [-0.15, -0.1) is 11.3 Å². The molecule has 1 saturated heterocycles. The first-order chi connectivity index (χ1) is 22.0. The summed E-state index contributed by atoms with van der Waals surface area (Å²) in [7, 11) is 0. The fourth-order valence-electron chi connectivity index (χ4n) is 7.64. The van der Waals surface area contributed by atoms with Crippen molar-refractivity contribution in [3.8, 4) is 5.75 Å². The van der Waals surface area contributed by atoms with Crippen molar-refractivity contribution in [1.29, 1.82) is 0 Å². The topological polar surface area (TPSA) is 103 Å². The molecule has 0 spiro atoms. The second-order valence-electron chi connectivity index (χ2n) is 13.3. The minimum atomic E-state index is -0.783. The highest BCUT2D eigenvalue weighted by Crippen LogP contribution is 2.30. The lowest BCUT2D eigenvalue weighted by molar-refractivity contribution is -0.145. The van der Waals surface area contributed by atoms with E-state index in [0.29, 0.717) is 37.3 Å². The Morgan fingerprint density at radius 3 is 2.56 bits per heavy atom. The summed E-state index contributed by atoms with van der Waals surface area (Å²) in [6.45, 7) is 2.73. The number of nitrogens with one attached hydrogen (secondary N) is 3. The van der Waals surface area contributed by atoms with Gasteiger partial charge in [0.05, 0.1) is 19.1 Å². The lowest BCUT2D eigenvalue weighted by Gasteiger charge is -2.42. The van der Waals surface area contributed by atoms with Crippen LogP contribution in [0.3, 0.4) is 0 Å². The van der Waals surface area contributed by atoms with Crippen LogP contribution in [0.4, 0.5) is 4.79 Å². The number of ether oxygens (including phenoxy) is 1. The number of hydrogen-bond acceptors (Lipinski definition) is 7. The van der Waals surface area contributed by atoms with E-state index in [9.17, 15) is 14.4 Å². The largest absolute Gasteiger partial charge is 0.415 e. The first-order valence-corrected chi connectivity index (χ1v) is 18.1. The Labute approximate surface area is 271 Å². The SMILES string of the molecule is O=C(NCc1cccs1)[C@@H]1CN(C(=O)Oc2cccc3c2CCNC3)CCN1C(=O)[C@@H](CC1CCCCC1)NC1CCCCC1. The highest BCUT2D eigenvalue weighted by Gasteiger charge is 2.41. The molecule has 244 valence electrons. The molecule has 2 aliphatic carbocycles. The normalized spacial score (nSPS) is 22.0. The molecule has 0 radical (unpaired) electrons. The summed E-state index contributed by atoms with van der Waals surface area (Å²) in [5.41, 5.74) is 2.20. The van der Waals surface area contributed by atoms with Gasteiger partial charge >= 0.3 is 6.09 Å². The van der Waals surface area contributed by atoms with Crippen LogP contribution in [0.5, 0.6) is 5.75 Å². The zero-order valence-corrected chi connectivity index (χ0v) is 27.3. The van der Waals surface area contributed by atoms with Crippen LogP contribution in [0.15, 0.2) is 35.7 Å². The second kappa shape index (κ2) is 15.6. The van der Waals surface area contributed by atoms with E-state index < -0.39 is 12.1 Å². The third-order valence-corrected chi connectivity index (χ3v) is 11.0. The van der Waals surface area contributed by atoms with Crippen LogP contribution < -0.4 is 20.7 Å². The number of piperazine rings is 1. The second-order valence-corrected chi connectivity index (χ2v) is 14.3. The molecule has 3 amide bonds. The summed E-state index contributed by atoms with van der Waals surface area (Å²) in [6, 6.07) is 9.01. The number of rotatable bonds is 9. The smallest absolute Gasteiger partial charge is 0.410 e. The first kappa shape index (κ1) is 32.0. The van der Waals surface area contributed by atoms with Gasteiger partial charge in [-0.3, -0.25) is 9.59 Å². The van der Waals surface area contributed by atoms with E-state index in [1.54, 1.807) is 21.1 Å². The Morgan fingerprint density at radius 2 is 1.78 bits per heavy atom. The maximum absolute atomic E-state index is 14.5. The highest BCUT2D eigenvalue weighted by atomic mass is 32.1. The van der Waals surface area contributed by atoms with E-state index in [0.717, 1.165) is 54.8 Å². The lowest BCUT2D eigenvalue weighted by Crippen LogP contribution is -2.64. The molecule has 1 aromatic carbocycles. The Morgan fingerprint density at radius 1 is 0.978 bits per heavy atom. The molecule has 3 heterocycles. The maximum Gasteiger partial charge on any atom is 0.415 e. The zero-order chi connectivity index (χ0) is 31.0. The predicted octanol–water partition coefficient (Wildman–Crippen LogP) is 4.98. The third-order valence-electron chi connectivity index (χ3n) is 10.2. The van der Waals surface area contributed by atoms with Crippen LogP contribution in [0.1, 0.15) is 86.6 Å². The molecule has 0 unspecified atom stereocenters. The van der Waals surface area contributed by atoms with Crippen LogP contribution >= 0.6 is 11.3 Å². The van der Waals surface area contributed by atoms with Crippen LogP contribution in [0.25, 0.3) is 0 Å². The van der Waals surface area contributed by atoms with Crippen molar-refractivity contribution < 1.29 is 19.1 Å². The molecular formula is C35H49N5O4S. The van der Waals surface area contributed by atoms with Crippen molar-refractivity contribution in [3.63, 3.8) is 0 Å². The van der Waals surface area contributed by atoms with Crippen molar-refractivity contribution in [3.05, 3.63) is 51.7 Å². The summed E-state index contributed by atoms with van der Waals surface area (Å²) < 4.78 is 5.96. The van der Waals surface area contributed by atoms with Gasteiger partial charge in [0.15, 0.2) is 0 Å². The Bertz CT molecular complexity index is 1270. The highest BCUT2D eigenvalue weighted by molar-refractivity contribution is 7.09. The standard InChI is InChI=1S/C35H49N5O4S/c41-33(37-23-28-14-8-20-45-28)31-24-39(35(43)44-32-15-7-11-26-22-36-17-16-29(26)32)18-19-40(31)34(42)30(21-25-9-3-1-4-10-25)38-27-12-5-2-6-13-27/h7-8,11,14-15,20,25,27,30-31,36,38H,1-6,9-10,12-13,16-19,21-24H2,(H,37,41)/t30-,31+/m1/s1. The number of hydrogen-bond donors (Lipinski definition) is 3. The van der Waals surface area contributed by atoms with Gasteiger partial charge in [0.2, 0.25) is 11.8 Å². The molecule has 2 aliphatic heterocycles. The number of amides is 3. The summed E-state index contributed by atoms with van der Waals surface area (Å²) >= 11 is 1.59. The van der Waals surface area contributed by atoms with Crippen molar-refractivity contribution in [2.45, 2.75) is 108 Å². The quantitative estimate of drug-likeness (QED) is 0.359. The fourth-order valence-corrected chi connectivity index (χ4v) is 8.29. The number of carbonyl (C=O) groups excluding carboxylic acids is 3. The van der Waals surface area contributed by atoms with E-state index >= 15 is 0 Å². The Hall–Kier alpha value is -2.95. The third kappa shape index (κ3) is 8.26. The van der Waals surface area contributed by atoms with E-state index in [2.05, 4.69) is 22.0 Å². The molecule has 10 heteroatoms. The van der Waals surface area contributed by atoms with Gasteiger partial charge < -0.3 is 30.5 Å². The molecule has 2 atom stereocenters. The molecule has 45 heavy (non-hydrogen) atoms. The molecule has 6 rings (SSSR count). The molecule has 3 N–H and O–H groups in total. The monoisotopic (exact) mass is 635 g/mol. The average molecular weight is 636 g/mol. The maximum atomic E-state index is 14.5. The van der Waals surface area contributed by atoms with E-state index in [1.165, 1.54) is 51.4 Å². The summed E-state index contributed by atoms with van der Waals surface area (Å²) in [4.78, 5) is 46.2. The lowest BCUT2D eigenvalue weighted by atomic mass is 9.83. The van der Waals surface area contributed by atoms with E-state index in [-0.39, 0.29) is 24.4 Å². The van der Waals surface area contributed by atoms with Crippen LogP contribution in [0.2, 0.25) is 0 Å². The van der Waals surface area contributed by atoms with Gasteiger partial charge in [-0.2, -0.15) is 0 Å². The minimum absolute atomic E-state index is 0.0000620. The number of thiophene rings is 1. The number of fused-ring (bicyclic) bond motifs is 1. The first-order valence-electron chi connectivity index (χ1n) is 17.2. The molecule has 1 aromatic heterocycles. The van der Waals surface area contributed by atoms with Gasteiger partial charge in [-0.25, -0.2) is 4.79 Å². The number of nitrogens with zero attached hydrogens (tertiary/aromatic N) is 2. The van der Waals surface area contributed by atoms with Gasteiger partial charge in [-0.1, -0.05) is 69.6 Å². The summed E-state index contributed by atoms with van der Waals surface area (Å²) in [5, 5.41) is 12.2. The van der Waals surface area contributed by atoms with Crippen molar-refractivity contribution >= 4 is 29.2 Å². The van der Waals surface area contributed by atoms with Crippen molar-refractivity contribution in [2.24, 2.45) is 5.92 Å². The number of carbonyl (C=O) groups is 3.